The molecule has 20 heavy (non-hydrogen) atoms. The first-order chi connectivity index (χ1) is 9.58. The largest absolute Gasteiger partial charge is 0.368 e. The predicted molar refractivity (Wildman–Crippen MR) is 82.7 cm³/mol. The number of hydrogen-bond acceptors (Lipinski definition) is 4. The average molecular weight is 278 g/mol. The first-order valence-corrected chi connectivity index (χ1v) is 7.28. The number of nitrogens with one attached hydrogen (secondary N) is 1. The molecular formula is C15H26N4O. The molecule has 0 bridgehead atoms. The highest BCUT2D eigenvalue weighted by molar-refractivity contribution is 5.79. The highest BCUT2D eigenvalue weighted by Crippen LogP contribution is 2.18. The Morgan fingerprint density at radius 1 is 1.45 bits per heavy atom. The topological polar surface area (TPSA) is 71.2 Å². The number of pyridine rings is 1. The van der Waals surface area contributed by atoms with Gasteiger partial charge < -0.3 is 16.0 Å². The van der Waals surface area contributed by atoms with E-state index in [1.54, 1.807) is 0 Å². The van der Waals surface area contributed by atoms with Gasteiger partial charge in [0, 0.05) is 19.3 Å². The first-order valence-electron chi connectivity index (χ1n) is 7.28. The molecule has 1 aromatic rings. The van der Waals surface area contributed by atoms with Crippen LogP contribution < -0.4 is 16.0 Å². The van der Waals surface area contributed by atoms with Gasteiger partial charge in [-0.2, -0.15) is 0 Å². The van der Waals surface area contributed by atoms with Gasteiger partial charge in [0.1, 0.15) is 5.82 Å². The lowest BCUT2D eigenvalue weighted by molar-refractivity contribution is -0.116. The van der Waals surface area contributed by atoms with Gasteiger partial charge in [-0.15, -0.1) is 0 Å². The number of carbonyl (C=O) groups excluding carboxylic acids is 1. The molecule has 0 saturated heterocycles. The van der Waals surface area contributed by atoms with Crippen molar-refractivity contribution in [2.45, 2.75) is 40.2 Å². The summed E-state index contributed by atoms with van der Waals surface area (Å²) in [5.74, 6) is 0.538. The lowest BCUT2D eigenvalue weighted by atomic mass is 10.2. The summed E-state index contributed by atoms with van der Waals surface area (Å²) >= 11 is 0. The number of hydrogen-bond donors (Lipinski definition) is 2. The van der Waals surface area contributed by atoms with E-state index in [9.17, 15) is 4.79 Å². The molecule has 0 aliphatic heterocycles. The van der Waals surface area contributed by atoms with Crippen molar-refractivity contribution in [2.75, 3.05) is 24.5 Å². The van der Waals surface area contributed by atoms with Crippen LogP contribution in [0.1, 0.15) is 37.8 Å². The quantitative estimate of drug-likeness (QED) is 0.719. The van der Waals surface area contributed by atoms with Gasteiger partial charge in [-0.05, 0) is 37.1 Å². The maximum atomic E-state index is 11.2. The highest BCUT2D eigenvalue weighted by Gasteiger charge is 2.13. The summed E-state index contributed by atoms with van der Waals surface area (Å²) in [7, 11) is 0. The number of nitrogens with zero attached hydrogens (tertiary/aromatic N) is 2. The van der Waals surface area contributed by atoms with Crippen LogP contribution in [0.25, 0.3) is 0 Å². The molecule has 5 heteroatoms. The van der Waals surface area contributed by atoms with Gasteiger partial charge >= 0.3 is 0 Å². The van der Waals surface area contributed by atoms with E-state index in [1.807, 2.05) is 18.0 Å². The second-order valence-electron chi connectivity index (χ2n) is 5.01. The monoisotopic (exact) mass is 278 g/mol. The van der Waals surface area contributed by atoms with E-state index in [2.05, 4.69) is 30.2 Å². The molecule has 1 rings (SSSR count). The number of rotatable bonds is 9. The summed E-state index contributed by atoms with van der Waals surface area (Å²) in [5.41, 5.74) is 7.57. The molecule has 0 aliphatic rings. The number of amides is 1. The van der Waals surface area contributed by atoms with Crippen molar-refractivity contribution in [2.24, 2.45) is 5.73 Å². The molecule has 1 aromatic heterocycles. The normalized spacial score (nSPS) is 10.6. The molecule has 0 aliphatic carbocycles. The molecular weight excluding hydrogens is 252 g/mol. The van der Waals surface area contributed by atoms with E-state index < -0.39 is 0 Å². The lowest BCUT2D eigenvalue weighted by Crippen LogP contribution is -2.35. The van der Waals surface area contributed by atoms with Gasteiger partial charge in [0.2, 0.25) is 5.91 Å². The number of nitrogens with two attached hydrogens (primary N) is 1. The number of carbonyl (C=O) groups is 1. The third-order valence-electron chi connectivity index (χ3n) is 3.11. The van der Waals surface area contributed by atoms with Crippen LogP contribution in [0.15, 0.2) is 12.3 Å². The van der Waals surface area contributed by atoms with Gasteiger partial charge in [-0.1, -0.05) is 20.3 Å². The summed E-state index contributed by atoms with van der Waals surface area (Å²) in [6, 6.07) is 2.12. The van der Waals surface area contributed by atoms with Gasteiger partial charge in [0.05, 0.1) is 6.54 Å². The Morgan fingerprint density at radius 2 is 2.20 bits per heavy atom. The molecule has 112 valence electrons. The van der Waals surface area contributed by atoms with Crippen LogP contribution in [0, 0.1) is 6.92 Å². The lowest BCUT2D eigenvalue weighted by Gasteiger charge is -2.24. The second-order valence-corrected chi connectivity index (χ2v) is 5.01. The van der Waals surface area contributed by atoms with Gasteiger partial charge in [-0.3, -0.25) is 4.79 Å². The number of primary amides is 1. The van der Waals surface area contributed by atoms with Crippen molar-refractivity contribution in [1.29, 1.82) is 0 Å². The third-order valence-corrected chi connectivity index (χ3v) is 3.11. The molecule has 0 saturated carbocycles. The van der Waals surface area contributed by atoms with E-state index >= 15 is 0 Å². The van der Waals surface area contributed by atoms with Crippen LogP contribution in [-0.4, -0.2) is 30.5 Å². The Kier molecular flexibility index (Phi) is 7.01. The van der Waals surface area contributed by atoms with Gasteiger partial charge in [0.25, 0.3) is 0 Å². The molecule has 1 heterocycles. The molecule has 5 nitrogen and oxygen atoms in total. The predicted octanol–water partition coefficient (Wildman–Crippen LogP) is 1.59. The zero-order valence-corrected chi connectivity index (χ0v) is 12.8. The fourth-order valence-electron chi connectivity index (χ4n) is 2.12. The van der Waals surface area contributed by atoms with Crippen LogP contribution in [0.5, 0.6) is 0 Å². The second kappa shape index (κ2) is 8.53. The van der Waals surface area contributed by atoms with E-state index in [-0.39, 0.29) is 12.5 Å². The van der Waals surface area contributed by atoms with Crippen molar-refractivity contribution in [1.82, 2.24) is 10.3 Å². The molecule has 1 amide bonds. The molecule has 3 N–H and O–H groups in total. The molecule has 0 fully saturated rings. The molecule has 0 spiro atoms. The number of unbranched alkanes of at least 4 members (excludes halogenated alkanes) is 1. The summed E-state index contributed by atoms with van der Waals surface area (Å²) in [6.45, 7) is 9.01. The minimum Gasteiger partial charge on any atom is -0.368 e. The van der Waals surface area contributed by atoms with Crippen LogP contribution in [-0.2, 0) is 11.3 Å². The number of aromatic nitrogens is 1. The standard InChI is InChI=1S/C15H26N4O/c1-4-6-7-19(11-14(16)20)15-12(3)8-13(10-18-15)9-17-5-2/h8,10,17H,4-7,9,11H2,1-3H3,(H2,16,20). The fraction of sp³-hybridized carbons (Fsp3) is 0.600. The maximum Gasteiger partial charge on any atom is 0.236 e. The average Bonchev–Trinajstić information content (AvgIpc) is 2.41. The van der Waals surface area contributed by atoms with E-state index in [1.165, 1.54) is 0 Å². The minimum atomic E-state index is -0.320. The van der Waals surface area contributed by atoms with Crippen molar-refractivity contribution >= 4 is 11.7 Å². The Bertz CT molecular complexity index is 434. The Morgan fingerprint density at radius 3 is 2.75 bits per heavy atom. The Balaban J connectivity index is 2.86. The zero-order chi connectivity index (χ0) is 15.0. The smallest absolute Gasteiger partial charge is 0.236 e. The van der Waals surface area contributed by atoms with Crippen LogP contribution in [0.2, 0.25) is 0 Å². The number of anilines is 1. The molecule has 0 unspecified atom stereocenters. The summed E-state index contributed by atoms with van der Waals surface area (Å²) in [4.78, 5) is 17.7. The Hall–Kier alpha value is -1.62. The molecule has 0 atom stereocenters. The van der Waals surface area contributed by atoms with Crippen LogP contribution >= 0.6 is 0 Å². The van der Waals surface area contributed by atoms with Crippen LogP contribution in [0.4, 0.5) is 5.82 Å². The zero-order valence-electron chi connectivity index (χ0n) is 12.8. The van der Waals surface area contributed by atoms with Crippen molar-refractivity contribution in [3.63, 3.8) is 0 Å². The van der Waals surface area contributed by atoms with Crippen molar-refractivity contribution < 1.29 is 4.79 Å². The summed E-state index contributed by atoms with van der Waals surface area (Å²) in [6.07, 6.45) is 3.96. The molecule has 0 aromatic carbocycles. The van der Waals surface area contributed by atoms with E-state index in [4.69, 9.17) is 5.73 Å². The number of aryl methyl sites for hydroxylation is 1. The van der Waals surface area contributed by atoms with Crippen molar-refractivity contribution in [3.05, 3.63) is 23.4 Å². The summed E-state index contributed by atoms with van der Waals surface area (Å²) < 4.78 is 0. The van der Waals surface area contributed by atoms with Crippen molar-refractivity contribution in [3.8, 4) is 0 Å². The Labute approximate surface area is 121 Å². The van der Waals surface area contributed by atoms with Crippen LogP contribution in [0.3, 0.4) is 0 Å². The third kappa shape index (κ3) is 5.17. The van der Waals surface area contributed by atoms with E-state index in [0.29, 0.717) is 0 Å². The first kappa shape index (κ1) is 16.4. The van der Waals surface area contributed by atoms with E-state index in [0.717, 1.165) is 49.4 Å². The minimum absolute atomic E-state index is 0.223. The summed E-state index contributed by atoms with van der Waals surface area (Å²) in [5, 5.41) is 3.28. The molecule has 0 radical (unpaired) electrons. The maximum absolute atomic E-state index is 11.2. The van der Waals surface area contributed by atoms with Gasteiger partial charge in [-0.25, -0.2) is 4.98 Å². The fourth-order valence-corrected chi connectivity index (χ4v) is 2.12. The van der Waals surface area contributed by atoms with Gasteiger partial charge in [0.15, 0.2) is 0 Å². The highest BCUT2D eigenvalue weighted by atomic mass is 16.1. The SMILES string of the molecule is CCCCN(CC(N)=O)c1ncc(CNCC)cc1C.